The van der Waals surface area contributed by atoms with E-state index in [1.807, 2.05) is 24.3 Å². The lowest BCUT2D eigenvalue weighted by atomic mass is 9.90. The number of rotatable bonds is 6. The minimum Gasteiger partial charge on any atom is -0.497 e. The molecule has 0 radical (unpaired) electrons. The second-order valence-electron chi connectivity index (χ2n) is 7.82. The van der Waals surface area contributed by atoms with Gasteiger partial charge in [0.2, 0.25) is 5.91 Å². The molecule has 3 fully saturated rings. The number of likely N-dealkylation sites (tertiary alicyclic amines) is 1. The van der Waals surface area contributed by atoms with Gasteiger partial charge in [-0.1, -0.05) is 12.1 Å². The number of methoxy groups -OCH3 is 1. The van der Waals surface area contributed by atoms with Gasteiger partial charge in [0.15, 0.2) is 6.29 Å². The molecule has 2 bridgehead atoms. The highest BCUT2D eigenvalue weighted by atomic mass is 16.7. The molecule has 0 aliphatic carbocycles. The third-order valence-corrected chi connectivity index (χ3v) is 6.19. The number of hydrogen-bond acceptors (Lipinski definition) is 7. The number of carbonyl (C=O) groups excluding carboxylic acids is 1. The number of fused-ring (bicyclic) bond motifs is 2. The van der Waals surface area contributed by atoms with Gasteiger partial charge in [0.25, 0.3) is 0 Å². The fourth-order valence-corrected chi connectivity index (χ4v) is 4.50. The van der Waals surface area contributed by atoms with E-state index >= 15 is 0 Å². The molecule has 5 atom stereocenters. The number of piperidine rings is 1. The first-order valence-electron chi connectivity index (χ1n) is 9.91. The quantitative estimate of drug-likeness (QED) is 0.618. The van der Waals surface area contributed by atoms with Crippen LogP contribution in [-0.4, -0.2) is 73.3 Å². The Morgan fingerprint density at radius 1 is 1.32 bits per heavy atom. The molecule has 8 nitrogen and oxygen atoms in total. The van der Waals surface area contributed by atoms with Crippen molar-refractivity contribution in [2.45, 2.75) is 50.0 Å². The normalized spacial score (nSPS) is 33.7. The number of nitrogens with one attached hydrogen (secondary N) is 1. The van der Waals surface area contributed by atoms with Crippen LogP contribution in [0.1, 0.15) is 18.4 Å². The van der Waals surface area contributed by atoms with Crippen LogP contribution in [0.25, 0.3) is 0 Å². The molecule has 3 aliphatic heterocycles. The van der Waals surface area contributed by atoms with E-state index in [2.05, 4.69) is 10.2 Å². The van der Waals surface area contributed by atoms with Crippen molar-refractivity contribution in [2.75, 3.05) is 26.8 Å². The van der Waals surface area contributed by atoms with Crippen LogP contribution in [0.3, 0.4) is 0 Å². The van der Waals surface area contributed by atoms with Gasteiger partial charge >= 0.3 is 0 Å². The summed E-state index contributed by atoms with van der Waals surface area (Å²) in [7, 11) is 1.64. The summed E-state index contributed by atoms with van der Waals surface area (Å²) in [6, 6.07) is 7.38. The van der Waals surface area contributed by atoms with Crippen molar-refractivity contribution in [3.05, 3.63) is 29.8 Å². The minimum absolute atomic E-state index is 0.0841. The van der Waals surface area contributed by atoms with Crippen molar-refractivity contribution in [3.63, 3.8) is 0 Å². The number of nitrogens with zero attached hydrogens (tertiary/aromatic N) is 1. The topological polar surface area (TPSA) is 106 Å². The van der Waals surface area contributed by atoms with Gasteiger partial charge in [0.05, 0.1) is 31.9 Å². The summed E-state index contributed by atoms with van der Waals surface area (Å²) >= 11 is 0. The van der Waals surface area contributed by atoms with Gasteiger partial charge < -0.3 is 30.4 Å². The molecule has 1 aromatic rings. The summed E-state index contributed by atoms with van der Waals surface area (Å²) in [5.41, 5.74) is 6.54. The Morgan fingerprint density at radius 2 is 2.04 bits per heavy atom. The lowest BCUT2D eigenvalue weighted by molar-refractivity contribution is -0.186. The Balaban J connectivity index is 1.40. The standard InChI is InChI=1S/C20H29N3O5/c1-26-14-4-2-12(3-5-14)10-22-16-15-11-27-20(28-15)17(18(16)24)23-8-6-13(7-9-23)19(21)25/h2-5,13,15-18,20,22,24H,6-11H2,1H3,(H2,21,25)/t15-,16-,17+,18-,20+/m0/s1. The van der Waals surface area contributed by atoms with Gasteiger partial charge in [-0.3, -0.25) is 9.69 Å². The molecule has 8 heteroatoms. The number of hydrogen-bond donors (Lipinski definition) is 3. The third kappa shape index (κ3) is 3.88. The molecule has 1 amide bonds. The highest BCUT2D eigenvalue weighted by Crippen LogP contribution is 2.33. The Bertz CT molecular complexity index is 677. The average molecular weight is 391 g/mol. The van der Waals surface area contributed by atoms with Crippen molar-refractivity contribution in [1.82, 2.24) is 10.2 Å². The zero-order valence-electron chi connectivity index (χ0n) is 16.1. The fourth-order valence-electron chi connectivity index (χ4n) is 4.50. The number of amides is 1. The summed E-state index contributed by atoms with van der Waals surface area (Å²) in [4.78, 5) is 13.6. The molecule has 4 N–H and O–H groups in total. The summed E-state index contributed by atoms with van der Waals surface area (Å²) < 4.78 is 17.1. The highest BCUT2D eigenvalue weighted by molar-refractivity contribution is 5.76. The van der Waals surface area contributed by atoms with E-state index in [4.69, 9.17) is 19.9 Å². The van der Waals surface area contributed by atoms with Gasteiger partial charge in [-0.2, -0.15) is 0 Å². The molecule has 28 heavy (non-hydrogen) atoms. The van der Waals surface area contributed by atoms with Crippen molar-refractivity contribution in [3.8, 4) is 5.75 Å². The average Bonchev–Trinajstić information content (AvgIpc) is 3.13. The zero-order valence-corrected chi connectivity index (χ0v) is 16.1. The molecule has 3 heterocycles. The van der Waals surface area contributed by atoms with E-state index in [0.717, 1.165) is 11.3 Å². The van der Waals surface area contributed by atoms with E-state index in [1.54, 1.807) is 7.11 Å². The lowest BCUT2D eigenvalue weighted by Crippen LogP contribution is -2.65. The fraction of sp³-hybridized carbons (Fsp3) is 0.650. The Hall–Kier alpha value is -1.71. The van der Waals surface area contributed by atoms with Crippen LogP contribution in [-0.2, 0) is 20.8 Å². The smallest absolute Gasteiger partial charge is 0.220 e. The molecule has 1 aromatic carbocycles. The number of aliphatic hydroxyl groups excluding tert-OH is 1. The molecular formula is C20H29N3O5. The van der Waals surface area contributed by atoms with Gasteiger partial charge in [0, 0.05) is 12.5 Å². The van der Waals surface area contributed by atoms with E-state index in [0.29, 0.717) is 39.1 Å². The predicted molar refractivity (Wildman–Crippen MR) is 102 cm³/mol. The Kier molecular flexibility index (Phi) is 5.84. The van der Waals surface area contributed by atoms with Gasteiger partial charge in [-0.25, -0.2) is 0 Å². The largest absolute Gasteiger partial charge is 0.497 e. The number of carbonyl (C=O) groups is 1. The van der Waals surface area contributed by atoms with Crippen molar-refractivity contribution in [1.29, 1.82) is 0 Å². The molecule has 0 spiro atoms. The van der Waals surface area contributed by atoms with E-state index in [1.165, 1.54) is 0 Å². The van der Waals surface area contributed by atoms with Crippen LogP contribution in [0, 0.1) is 5.92 Å². The molecule has 3 aliphatic rings. The van der Waals surface area contributed by atoms with Crippen LogP contribution in [0.4, 0.5) is 0 Å². The van der Waals surface area contributed by atoms with E-state index in [-0.39, 0.29) is 30.0 Å². The molecule has 3 saturated heterocycles. The summed E-state index contributed by atoms with van der Waals surface area (Å²) in [5.74, 6) is 0.492. The second-order valence-corrected chi connectivity index (χ2v) is 7.82. The molecular weight excluding hydrogens is 362 g/mol. The van der Waals surface area contributed by atoms with Crippen LogP contribution in [0.2, 0.25) is 0 Å². The summed E-state index contributed by atoms with van der Waals surface area (Å²) in [6.45, 7) is 2.49. The highest BCUT2D eigenvalue weighted by Gasteiger charge is 2.52. The number of aliphatic hydroxyl groups is 1. The second kappa shape index (κ2) is 8.34. The van der Waals surface area contributed by atoms with Gasteiger partial charge in [0.1, 0.15) is 11.9 Å². The number of ether oxygens (including phenoxy) is 3. The Morgan fingerprint density at radius 3 is 2.68 bits per heavy atom. The number of primary amides is 1. The lowest BCUT2D eigenvalue weighted by Gasteiger charge is -2.46. The van der Waals surface area contributed by atoms with Crippen LogP contribution >= 0.6 is 0 Å². The molecule has 154 valence electrons. The number of benzene rings is 1. The van der Waals surface area contributed by atoms with E-state index < -0.39 is 12.4 Å². The SMILES string of the molecule is COc1ccc(CN[C@@H]2[C@H](O)[C@@H](N3CCC(C(N)=O)CC3)[C@@H]3OC[C@@H]2O3)cc1. The predicted octanol–water partition coefficient (Wildman–Crippen LogP) is -0.165. The minimum atomic E-state index is -0.616. The monoisotopic (exact) mass is 391 g/mol. The first-order valence-corrected chi connectivity index (χ1v) is 9.91. The summed E-state index contributed by atoms with van der Waals surface area (Å²) in [5, 5.41) is 14.6. The third-order valence-electron chi connectivity index (χ3n) is 6.19. The van der Waals surface area contributed by atoms with Crippen molar-refractivity contribution < 1.29 is 24.1 Å². The molecule has 0 unspecified atom stereocenters. The van der Waals surface area contributed by atoms with Crippen LogP contribution in [0.15, 0.2) is 24.3 Å². The van der Waals surface area contributed by atoms with E-state index in [9.17, 15) is 9.90 Å². The number of nitrogens with two attached hydrogens (primary N) is 1. The first-order chi connectivity index (χ1) is 13.6. The van der Waals surface area contributed by atoms with Crippen molar-refractivity contribution in [2.24, 2.45) is 11.7 Å². The maximum absolute atomic E-state index is 11.4. The van der Waals surface area contributed by atoms with Gasteiger partial charge in [-0.15, -0.1) is 0 Å². The summed E-state index contributed by atoms with van der Waals surface area (Å²) in [6.07, 6.45) is 0.202. The Labute approximate surface area is 164 Å². The van der Waals surface area contributed by atoms with Crippen LogP contribution < -0.4 is 15.8 Å². The van der Waals surface area contributed by atoms with Crippen LogP contribution in [0.5, 0.6) is 5.75 Å². The zero-order chi connectivity index (χ0) is 19.7. The molecule has 0 saturated carbocycles. The van der Waals surface area contributed by atoms with Gasteiger partial charge in [-0.05, 0) is 43.6 Å². The molecule has 4 rings (SSSR count). The maximum Gasteiger partial charge on any atom is 0.220 e. The maximum atomic E-state index is 11.4. The first kappa shape index (κ1) is 19.6. The van der Waals surface area contributed by atoms with Crippen molar-refractivity contribution >= 4 is 5.91 Å². The molecule has 0 aromatic heterocycles.